The highest BCUT2D eigenvalue weighted by molar-refractivity contribution is 6.01. The number of hydrogen-bond acceptors (Lipinski definition) is 3. The fourth-order valence-corrected chi connectivity index (χ4v) is 2.78. The fraction of sp³-hybridized carbons (Fsp3) is 0.857. The number of nitrogens with zero attached hydrogens (tertiary/aromatic N) is 1. The molecule has 19 heavy (non-hydrogen) atoms. The lowest BCUT2D eigenvalue weighted by Gasteiger charge is -2.49. The van der Waals surface area contributed by atoms with Gasteiger partial charge in [-0.3, -0.25) is 9.59 Å². The van der Waals surface area contributed by atoms with E-state index >= 15 is 0 Å². The highest BCUT2D eigenvalue weighted by atomic mass is 16.5. The predicted octanol–water partition coefficient (Wildman–Crippen LogP) is 0.929. The maximum atomic E-state index is 12.6. The summed E-state index contributed by atoms with van der Waals surface area (Å²) in [5, 5.41) is 2.84. The van der Waals surface area contributed by atoms with Crippen molar-refractivity contribution in [2.75, 3.05) is 19.8 Å². The molecule has 5 heteroatoms. The van der Waals surface area contributed by atoms with E-state index in [-0.39, 0.29) is 11.8 Å². The zero-order valence-electron chi connectivity index (χ0n) is 12.3. The normalized spacial score (nSPS) is 34.5. The maximum Gasteiger partial charge on any atom is 0.248 e. The van der Waals surface area contributed by atoms with E-state index in [9.17, 15) is 9.59 Å². The molecule has 0 aromatic rings. The highest BCUT2D eigenvalue weighted by Crippen LogP contribution is 2.30. The maximum absolute atomic E-state index is 12.6. The monoisotopic (exact) mass is 268 g/mol. The summed E-state index contributed by atoms with van der Waals surface area (Å²) >= 11 is 0. The van der Waals surface area contributed by atoms with Crippen LogP contribution < -0.4 is 5.32 Å². The van der Waals surface area contributed by atoms with Gasteiger partial charge in [0.1, 0.15) is 11.1 Å². The van der Waals surface area contributed by atoms with Gasteiger partial charge in [0.25, 0.3) is 0 Å². The number of amides is 2. The molecule has 0 saturated carbocycles. The van der Waals surface area contributed by atoms with Gasteiger partial charge in [0.05, 0.1) is 6.61 Å². The summed E-state index contributed by atoms with van der Waals surface area (Å²) in [5.74, 6) is 0.290. The van der Waals surface area contributed by atoms with Gasteiger partial charge < -0.3 is 15.0 Å². The van der Waals surface area contributed by atoms with Crippen molar-refractivity contribution in [3.8, 4) is 0 Å². The quantitative estimate of drug-likeness (QED) is 0.828. The molecule has 2 unspecified atom stereocenters. The zero-order valence-corrected chi connectivity index (χ0v) is 12.3. The third-order valence-electron chi connectivity index (χ3n) is 4.44. The molecule has 0 spiro atoms. The summed E-state index contributed by atoms with van der Waals surface area (Å²) < 4.78 is 5.38. The van der Waals surface area contributed by atoms with Crippen molar-refractivity contribution < 1.29 is 14.3 Å². The third-order valence-corrected chi connectivity index (χ3v) is 4.44. The first-order valence-corrected chi connectivity index (χ1v) is 7.03. The molecular weight excluding hydrogens is 244 g/mol. The van der Waals surface area contributed by atoms with Crippen LogP contribution in [-0.2, 0) is 14.3 Å². The Hall–Kier alpha value is -1.10. The van der Waals surface area contributed by atoms with Crippen LogP contribution in [0.25, 0.3) is 0 Å². The molecule has 108 valence electrons. The lowest BCUT2D eigenvalue weighted by atomic mass is 9.85. The van der Waals surface area contributed by atoms with E-state index in [1.165, 1.54) is 0 Å². The molecule has 2 fully saturated rings. The van der Waals surface area contributed by atoms with Crippen LogP contribution >= 0.6 is 0 Å². The molecule has 0 radical (unpaired) electrons. The Kier molecular flexibility index (Phi) is 3.60. The summed E-state index contributed by atoms with van der Waals surface area (Å²) in [7, 11) is 0. The fourth-order valence-electron chi connectivity index (χ4n) is 2.78. The first kappa shape index (κ1) is 14.3. The van der Waals surface area contributed by atoms with Crippen molar-refractivity contribution in [1.29, 1.82) is 0 Å². The number of hydrogen-bond donors (Lipinski definition) is 1. The minimum Gasteiger partial charge on any atom is -0.381 e. The molecule has 0 aromatic carbocycles. The van der Waals surface area contributed by atoms with E-state index in [4.69, 9.17) is 4.74 Å². The zero-order chi connectivity index (χ0) is 14.3. The molecule has 0 aliphatic carbocycles. The highest BCUT2D eigenvalue weighted by Gasteiger charge is 2.52. The summed E-state index contributed by atoms with van der Waals surface area (Å²) in [6.07, 6.45) is 1.58. The third kappa shape index (κ3) is 2.36. The molecular formula is C14H24N2O3. The average molecular weight is 268 g/mol. The summed E-state index contributed by atoms with van der Waals surface area (Å²) in [5.41, 5.74) is -1.56. The van der Waals surface area contributed by atoms with Gasteiger partial charge in [-0.15, -0.1) is 0 Å². The van der Waals surface area contributed by atoms with Gasteiger partial charge in [-0.25, -0.2) is 0 Å². The lowest BCUT2D eigenvalue weighted by molar-refractivity contribution is -0.161. The summed E-state index contributed by atoms with van der Waals surface area (Å²) in [4.78, 5) is 26.8. The Morgan fingerprint density at radius 1 is 1.37 bits per heavy atom. The molecule has 2 amide bonds. The summed E-state index contributed by atoms with van der Waals surface area (Å²) in [6.45, 7) is 9.38. The standard InChI is InChI=1S/C14H24N2O3/c1-5-14(4)11(17)15-13(2,3)12(18)16(14)8-10-6-7-19-9-10/h10H,5-9H2,1-4H3,(H,15,17). The van der Waals surface area contributed by atoms with E-state index in [1.54, 1.807) is 18.7 Å². The molecule has 2 rings (SSSR count). The van der Waals surface area contributed by atoms with E-state index in [2.05, 4.69) is 5.32 Å². The van der Waals surface area contributed by atoms with E-state index in [0.29, 0.717) is 25.5 Å². The molecule has 0 aromatic heterocycles. The Balaban J connectivity index is 2.26. The van der Waals surface area contributed by atoms with Gasteiger partial charge in [0.15, 0.2) is 0 Å². The Morgan fingerprint density at radius 2 is 2.05 bits per heavy atom. The lowest BCUT2D eigenvalue weighted by Crippen LogP contribution is -2.73. The number of carbonyl (C=O) groups is 2. The van der Waals surface area contributed by atoms with Gasteiger partial charge in [0, 0.05) is 19.1 Å². The van der Waals surface area contributed by atoms with E-state index in [0.717, 1.165) is 13.0 Å². The smallest absolute Gasteiger partial charge is 0.248 e. The van der Waals surface area contributed by atoms with Gasteiger partial charge >= 0.3 is 0 Å². The van der Waals surface area contributed by atoms with Gasteiger partial charge in [0.2, 0.25) is 11.8 Å². The minimum atomic E-state index is -0.814. The molecule has 2 saturated heterocycles. The molecule has 2 atom stereocenters. The second-order valence-corrected chi connectivity index (χ2v) is 6.35. The number of carbonyl (C=O) groups excluding carboxylic acids is 2. The average Bonchev–Trinajstić information content (AvgIpc) is 2.85. The number of rotatable bonds is 3. The second kappa shape index (κ2) is 4.78. The van der Waals surface area contributed by atoms with Gasteiger partial charge in [-0.1, -0.05) is 6.92 Å². The van der Waals surface area contributed by atoms with Crippen molar-refractivity contribution >= 4 is 11.8 Å². The van der Waals surface area contributed by atoms with Crippen LogP contribution in [0.5, 0.6) is 0 Å². The molecule has 2 heterocycles. The van der Waals surface area contributed by atoms with Gasteiger partial charge in [-0.2, -0.15) is 0 Å². The molecule has 5 nitrogen and oxygen atoms in total. The molecule has 0 bridgehead atoms. The summed E-state index contributed by atoms with van der Waals surface area (Å²) in [6, 6.07) is 0. The number of nitrogens with one attached hydrogen (secondary N) is 1. The van der Waals surface area contributed by atoms with Crippen LogP contribution in [-0.4, -0.2) is 47.6 Å². The van der Waals surface area contributed by atoms with E-state index in [1.807, 2.05) is 13.8 Å². The van der Waals surface area contributed by atoms with Crippen molar-refractivity contribution in [1.82, 2.24) is 10.2 Å². The van der Waals surface area contributed by atoms with Crippen molar-refractivity contribution in [2.45, 2.75) is 51.6 Å². The van der Waals surface area contributed by atoms with Crippen LogP contribution in [0.4, 0.5) is 0 Å². The van der Waals surface area contributed by atoms with Crippen molar-refractivity contribution in [2.24, 2.45) is 5.92 Å². The first-order chi connectivity index (χ1) is 8.81. The van der Waals surface area contributed by atoms with Crippen LogP contribution in [0, 0.1) is 5.92 Å². The topological polar surface area (TPSA) is 58.6 Å². The molecule has 2 aliphatic heterocycles. The largest absolute Gasteiger partial charge is 0.381 e. The van der Waals surface area contributed by atoms with E-state index < -0.39 is 11.1 Å². The van der Waals surface area contributed by atoms with Crippen LogP contribution in [0.3, 0.4) is 0 Å². The van der Waals surface area contributed by atoms with Crippen LogP contribution in [0.2, 0.25) is 0 Å². The predicted molar refractivity (Wildman–Crippen MR) is 71.6 cm³/mol. The van der Waals surface area contributed by atoms with Crippen molar-refractivity contribution in [3.05, 3.63) is 0 Å². The molecule has 1 N–H and O–H groups in total. The second-order valence-electron chi connectivity index (χ2n) is 6.35. The van der Waals surface area contributed by atoms with Crippen LogP contribution in [0.1, 0.15) is 40.5 Å². The Morgan fingerprint density at radius 3 is 2.58 bits per heavy atom. The SMILES string of the molecule is CCC1(C)C(=O)NC(C)(C)C(=O)N1CC1CCOC1. The van der Waals surface area contributed by atoms with Crippen LogP contribution in [0.15, 0.2) is 0 Å². The number of piperazine rings is 1. The Bertz CT molecular complexity index is 388. The first-order valence-electron chi connectivity index (χ1n) is 7.03. The van der Waals surface area contributed by atoms with Gasteiger partial charge in [-0.05, 0) is 33.6 Å². The Labute approximate surface area is 114 Å². The number of ether oxygens (including phenoxy) is 1. The molecule has 2 aliphatic rings. The van der Waals surface area contributed by atoms with Crippen molar-refractivity contribution in [3.63, 3.8) is 0 Å². The minimum absolute atomic E-state index is 0.00310.